The number of amides is 2. The normalized spacial score (nSPS) is 14.6. The van der Waals surface area contributed by atoms with E-state index in [1.165, 1.54) is 11.3 Å². The largest absolute Gasteiger partial charge is 0.324 e. The van der Waals surface area contributed by atoms with E-state index in [1.807, 2.05) is 6.92 Å². The molecule has 1 N–H and O–H groups in total. The minimum absolute atomic E-state index is 0.112. The van der Waals surface area contributed by atoms with Crippen LogP contribution in [-0.2, 0) is 0 Å². The number of nitrogens with one attached hydrogen (secondary N) is 1. The number of hydrogen-bond donors (Lipinski definition) is 1. The smallest absolute Gasteiger partial charge is 0.318 e. The first-order chi connectivity index (χ1) is 7.70. The monoisotopic (exact) mass is 238 g/mol. The molecule has 0 saturated heterocycles. The minimum Gasteiger partial charge on any atom is -0.318 e. The highest BCUT2D eigenvalue weighted by Gasteiger charge is 2.32. The lowest BCUT2D eigenvalue weighted by Crippen LogP contribution is -2.36. The Morgan fingerprint density at radius 1 is 1.69 bits per heavy atom. The molecule has 1 fully saturated rings. The van der Waals surface area contributed by atoms with Crippen LogP contribution < -0.4 is 5.32 Å². The first-order valence-electron chi connectivity index (χ1n) is 5.19. The second kappa shape index (κ2) is 4.61. The molecule has 2 rings (SSSR count). The molecule has 2 amide bonds. The van der Waals surface area contributed by atoms with Gasteiger partial charge in [0.25, 0.3) is 0 Å². The van der Waals surface area contributed by atoms with E-state index in [0.29, 0.717) is 17.7 Å². The zero-order valence-electron chi connectivity index (χ0n) is 9.14. The molecular weight excluding hydrogens is 224 g/mol. The predicted molar refractivity (Wildman–Crippen MR) is 63.6 cm³/mol. The molecular formula is C10H14N4OS. The maximum absolute atomic E-state index is 11.9. The van der Waals surface area contributed by atoms with E-state index < -0.39 is 0 Å². The molecule has 0 atom stereocenters. The highest BCUT2D eigenvalue weighted by Crippen LogP contribution is 2.27. The molecule has 16 heavy (non-hydrogen) atoms. The summed E-state index contributed by atoms with van der Waals surface area (Å²) in [6.45, 7) is 6.09. The lowest BCUT2D eigenvalue weighted by molar-refractivity contribution is 0.215. The summed E-state index contributed by atoms with van der Waals surface area (Å²) in [6, 6.07) is 0.255. The topological polar surface area (TPSA) is 58.1 Å². The van der Waals surface area contributed by atoms with Gasteiger partial charge in [0.15, 0.2) is 0 Å². The molecule has 0 aromatic carbocycles. The number of carbonyl (C=O) groups excluding carboxylic acids is 1. The Morgan fingerprint density at radius 3 is 2.94 bits per heavy atom. The average Bonchev–Trinajstić information content (AvgIpc) is 3.00. The SMILES string of the molecule is C=CCN(C(=O)Nc1nnc(C)s1)C1CC1. The van der Waals surface area contributed by atoms with Gasteiger partial charge in [0.1, 0.15) is 5.01 Å². The van der Waals surface area contributed by atoms with Crippen molar-refractivity contribution in [1.82, 2.24) is 15.1 Å². The molecule has 0 unspecified atom stereocenters. The van der Waals surface area contributed by atoms with Crippen molar-refractivity contribution >= 4 is 22.5 Å². The van der Waals surface area contributed by atoms with Gasteiger partial charge in [0.2, 0.25) is 5.13 Å². The van der Waals surface area contributed by atoms with Gasteiger partial charge in [-0.15, -0.1) is 16.8 Å². The summed E-state index contributed by atoms with van der Waals surface area (Å²) in [4.78, 5) is 13.7. The Labute approximate surface area is 98.2 Å². The van der Waals surface area contributed by atoms with Crippen LogP contribution in [0.5, 0.6) is 0 Å². The summed E-state index contributed by atoms with van der Waals surface area (Å²) in [7, 11) is 0. The molecule has 1 saturated carbocycles. The number of anilines is 1. The van der Waals surface area contributed by atoms with Crippen molar-refractivity contribution in [3.05, 3.63) is 17.7 Å². The summed E-state index contributed by atoms with van der Waals surface area (Å²) in [6.07, 6.45) is 3.90. The average molecular weight is 238 g/mol. The van der Waals surface area contributed by atoms with Crippen molar-refractivity contribution in [3.63, 3.8) is 0 Å². The Morgan fingerprint density at radius 2 is 2.44 bits per heavy atom. The molecule has 1 aliphatic rings. The second-order valence-corrected chi connectivity index (χ2v) is 4.91. The Kier molecular flexibility index (Phi) is 3.19. The number of aryl methyl sites for hydroxylation is 1. The summed E-state index contributed by atoms with van der Waals surface area (Å²) >= 11 is 1.38. The highest BCUT2D eigenvalue weighted by molar-refractivity contribution is 7.15. The van der Waals surface area contributed by atoms with Gasteiger partial charge < -0.3 is 4.90 Å². The van der Waals surface area contributed by atoms with Crippen molar-refractivity contribution in [1.29, 1.82) is 0 Å². The number of rotatable bonds is 4. The van der Waals surface area contributed by atoms with Crippen molar-refractivity contribution in [2.24, 2.45) is 0 Å². The summed E-state index contributed by atoms with van der Waals surface area (Å²) in [5.74, 6) is 0. The molecule has 1 aromatic rings. The van der Waals surface area contributed by atoms with Crippen LogP contribution in [0, 0.1) is 6.92 Å². The fraction of sp³-hybridized carbons (Fsp3) is 0.500. The van der Waals surface area contributed by atoms with Crippen LogP contribution in [0.4, 0.5) is 9.93 Å². The summed E-state index contributed by atoms with van der Waals surface area (Å²) in [5, 5.41) is 11.9. The van der Waals surface area contributed by atoms with Crippen molar-refractivity contribution in [2.45, 2.75) is 25.8 Å². The number of urea groups is 1. The van der Waals surface area contributed by atoms with E-state index in [4.69, 9.17) is 0 Å². The third kappa shape index (κ3) is 2.57. The van der Waals surface area contributed by atoms with Gasteiger partial charge in [-0.25, -0.2) is 4.79 Å². The fourth-order valence-electron chi connectivity index (χ4n) is 1.43. The third-order valence-electron chi connectivity index (χ3n) is 2.31. The lowest BCUT2D eigenvalue weighted by Gasteiger charge is -2.19. The van der Waals surface area contributed by atoms with E-state index in [2.05, 4.69) is 22.1 Å². The van der Waals surface area contributed by atoms with E-state index in [9.17, 15) is 4.79 Å². The molecule has 1 heterocycles. The van der Waals surface area contributed by atoms with Crippen LogP contribution in [-0.4, -0.2) is 33.7 Å². The summed E-state index contributed by atoms with van der Waals surface area (Å²) in [5.41, 5.74) is 0. The Hall–Kier alpha value is -1.43. The van der Waals surface area contributed by atoms with Gasteiger partial charge in [-0.05, 0) is 19.8 Å². The molecule has 0 bridgehead atoms. The van der Waals surface area contributed by atoms with Crippen LogP contribution in [0.3, 0.4) is 0 Å². The van der Waals surface area contributed by atoms with Crippen LogP contribution in [0.25, 0.3) is 0 Å². The number of hydrogen-bond acceptors (Lipinski definition) is 4. The zero-order valence-corrected chi connectivity index (χ0v) is 9.96. The summed E-state index contributed by atoms with van der Waals surface area (Å²) < 4.78 is 0. The predicted octanol–water partition coefficient (Wildman–Crippen LogP) is 2.03. The highest BCUT2D eigenvalue weighted by atomic mass is 32.1. The molecule has 0 aliphatic heterocycles. The van der Waals surface area contributed by atoms with Crippen LogP contribution in [0.15, 0.2) is 12.7 Å². The van der Waals surface area contributed by atoms with Gasteiger partial charge in [0.05, 0.1) is 0 Å². The Bertz CT molecular complexity index is 399. The van der Waals surface area contributed by atoms with Crippen LogP contribution in [0.2, 0.25) is 0 Å². The zero-order chi connectivity index (χ0) is 11.5. The standard InChI is InChI=1S/C10H14N4OS/c1-3-6-14(8-4-5-8)10(15)11-9-13-12-7(2)16-9/h3,8H,1,4-6H2,2H3,(H,11,13,15). The maximum atomic E-state index is 11.9. The molecule has 0 radical (unpaired) electrons. The number of aromatic nitrogens is 2. The fourth-order valence-corrected chi connectivity index (χ4v) is 2.01. The van der Waals surface area contributed by atoms with Gasteiger partial charge in [-0.3, -0.25) is 5.32 Å². The minimum atomic E-state index is -0.112. The first kappa shape index (κ1) is 11.1. The number of carbonyl (C=O) groups is 1. The van der Waals surface area contributed by atoms with Gasteiger partial charge in [0, 0.05) is 12.6 Å². The molecule has 86 valence electrons. The third-order valence-corrected chi connectivity index (χ3v) is 3.07. The molecule has 6 heteroatoms. The molecule has 0 spiro atoms. The van der Waals surface area contributed by atoms with E-state index in [0.717, 1.165) is 17.8 Å². The van der Waals surface area contributed by atoms with Gasteiger partial charge >= 0.3 is 6.03 Å². The van der Waals surface area contributed by atoms with Crippen molar-refractivity contribution in [2.75, 3.05) is 11.9 Å². The van der Waals surface area contributed by atoms with Crippen LogP contribution in [0.1, 0.15) is 17.8 Å². The molecule has 5 nitrogen and oxygen atoms in total. The molecule has 1 aromatic heterocycles. The first-order valence-corrected chi connectivity index (χ1v) is 6.01. The van der Waals surface area contributed by atoms with Gasteiger partial charge in [-0.1, -0.05) is 17.4 Å². The number of nitrogens with zero attached hydrogens (tertiary/aromatic N) is 3. The lowest BCUT2D eigenvalue weighted by atomic mass is 10.5. The quantitative estimate of drug-likeness (QED) is 0.816. The van der Waals surface area contributed by atoms with Crippen molar-refractivity contribution < 1.29 is 4.79 Å². The van der Waals surface area contributed by atoms with Gasteiger partial charge in [-0.2, -0.15) is 0 Å². The maximum Gasteiger partial charge on any atom is 0.324 e. The molecule has 1 aliphatic carbocycles. The second-order valence-electron chi connectivity index (χ2n) is 3.73. The van der Waals surface area contributed by atoms with E-state index in [1.54, 1.807) is 11.0 Å². The van der Waals surface area contributed by atoms with Crippen molar-refractivity contribution in [3.8, 4) is 0 Å². The van der Waals surface area contributed by atoms with E-state index in [-0.39, 0.29) is 6.03 Å². The van der Waals surface area contributed by atoms with E-state index >= 15 is 0 Å². The Balaban J connectivity index is 1.97. The van der Waals surface area contributed by atoms with Crippen LogP contribution >= 0.6 is 11.3 Å².